The minimum atomic E-state index is -0.618. The van der Waals surface area contributed by atoms with Crippen molar-refractivity contribution in [1.29, 1.82) is 0 Å². The summed E-state index contributed by atoms with van der Waals surface area (Å²) >= 11 is 0. The smallest absolute Gasteiger partial charge is 0.311 e. The Balaban J connectivity index is 2.22. The van der Waals surface area contributed by atoms with E-state index in [4.69, 9.17) is 15.6 Å². The van der Waals surface area contributed by atoms with E-state index in [2.05, 4.69) is 4.98 Å². The van der Waals surface area contributed by atoms with Gasteiger partial charge in [-0.25, -0.2) is 0 Å². The molecule has 2 aromatic rings. The van der Waals surface area contributed by atoms with Crippen molar-refractivity contribution in [3.05, 3.63) is 46.5 Å². The standard InChI is InChI=1S/C11H9N3O4/c12-11-9(14(16)17)5-6-10(13-11)18-8-3-1-7(15)2-4-8/h1-6,15H,(H2,12,13). The lowest BCUT2D eigenvalue weighted by Crippen LogP contribution is -1.99. The van der Waals surface area contributed by atoms with Crippen molar-refractivity contribution in [2.75, 3.05) is 5.73 Å². The summed E-state index contributed by atoms with van der Waals surface area (Å²) in [6.45, 7) is 0. The van der Waals surface area contributed by atoms with E-state index in [-0.39, 0.29) is 23.1 Å². The first-order chi connectivity index (χ1) is 8.56. The largest absolute Gasteiger partial charge is 0.508 e. The van der Waals surface area contributed by atoms with Crippen molar-refractivity contribution in [3.8, 4) is 17.4 Å². The normalized spacial score (nSPS) is 10.0. The molecular weight excluding hydrogens is 238 g/mol. The summed E-state index contributed by atoms with van der Waals surface area (Å²) in [5.74, 6) is 0.479. The molecule has 0 spiro atoms. The highest BCUT2D eigenvalue weighted by Gasteiger charge is 2.13. The van der Waals surface area contributed by atoms with Gasteiger partial charge in [-0.05, 0) is 24.3 Å². The summed E-state index contributed by atoms with van der Waals surface area (Å²) in [5, 5.41) is 19.6. The molecule has 1 heterocycles. The molecule has 2 rings (SSSR count). The molecular formula is C11H9N3O4. The van der Waals surface area contributed by atoms with Crippen molar-refractivity contribution in [2.24, 2.45) is 0 Å². The Morgan fingerprint density at radius 2 is 1.89 bits per heavy atom. The minimum absolute atomic E-state index is 0.110. The topological polar surface area (TPSA) is 112 Å². The zero-order valence-electron chi connectivity index (χ0n) is 9.11. The van der Waals surface area contributed by atoms with Gasteiger partial charge in [0.2, 0.25) is 11.7 Å². The molecule has 0 aliphatic rings. The lowest BCUT2D eigenvalue weighted by Gasteiger charge is -2.05. The average Bonchev–Trinajstić information content (AvgIpc) is 2.32. The molecule has 0 aliphatic heterocycles. The summed E-state index contributed by atoms with van der Waals surface area (Å²) in [5.41, 5.74) is 5.16. The van der Waals surface area contributed by atoms with Crippen LogP contribution in [0.25, 0.3) is 0 Å². The molecule has 0 aliphatic carbocycles. The number of rotatable bonds is 3. The Kier molecular flexibility index (Phi) is 2.96. The van der Waals surface area contributed by atoms with E-state index in [9.17, 15) is 10.1 Å². The van der Waals surface area contributed by atoms with Crippen LogP contribution in [0.3, 0.4) is 0 Å². The van der Waals surface area contributed by atoms with Gasteiger partial charge in [-0.2, -0.15) is 4.98 Å². The van der Waals surface area contributed by atoms with E-state index < -0.39 is 4.92 Å². The molecule has 3 N–H and O–H groups in total. The second kappa shape index (κ2) is 4.58. The van der Waals surface area contributed by atoms with E-state index in [0.29, 0.717) is 5.75 Å². The van der Waals surface area contributed by atoms with Crippen LogP contribution in [0.4, 0.5) is 11.5 Å². The van der Waals surface area contributed by atoms with Crippen molar-refractivity contribution in [1.82, 2.24) is 4.98 Å². The number of hydrogen-bond donors (Lipinski definition) is 2. The lowest BCUT2D eigenvalue weighted by atomic mass is 10.3. The number of nitrogens with zero attached hydrogens (tertiary/aromatic N) is 2. The molecule has 0 bridgehead atoms. The highest BCUT2D eigenvalue weighted by atomic mass is 16.6. The van der Waals surface area contributed by atoms with Gasteiger partial charge in [-0.15, -0.1) is 0 Å². The first-order valence-electron chi connectivity index (χ1n) is 4.94. The van der Waals surface area contributed by atoms with Crippen LogP contribution in [0.1, 0.15) is 0 Å². The number of phenolic OH excluding ortho intramolecular Hbond substituents is 1. The monoisotopic (exact) mass is 247 g/mol. The Hall–Kier alpha value is -2.83. The van der Waals surface area contributed by atoms with Crippen LogP contribution >= 0.6 is 0 Å². The molecule has 0 saturated heterocycles. The highest BCUT2D eigenvalue weighted by molar-refractivity contribution is 5.53. The third-order valence-electron chi connectivity index (χ3n) is 2.13. The predicted octanol–water partition coefficient (Wildman–Crippen LogP) is 2.07. The van der Waals surface area contributed by atoms with Gasteiger partial charge in [-0.1, -0.05) is 0 Å². The number of phenols is 1. The van der Waals surface area contributed by atoms with Crippen LogP contribution in [-0.4, -0.2) is 15.0 Å². The maximum atomic E-state index is 10.5. The van der Waals surface area contributed by atoms with Crippen LogP contribution in [0.5, 0.6) is 17.4 Å². The number of benzene rings is 1. The molecule has 1 aromatic heterocycles. The number of aromatic hydroxyl groups is 1. The van der Waals surface area contributed by atoms with Crippen molar-refractivity contribution < 1.29 is 14.8 Å². The van der Waals surface area contributed by atoms with Crippen LogP contribution in [0.2, 0.25) is 0 Å². The number of aromatic nitrogens is 1. The van der Waals surface area contributed by atoms with E-state index in [1.54, 1.807) is 0 Å². The van der Waals surface area contributed by atoms with Crippen molar-refractivity contribution in [2.45, 2.75) is 0 Å². The number of nitro groups is 1. The molecule has 0 saturated carbocycles. The van der Waals surface area contributed by atoms with Gasteiger partial charge in [0.15, 0.2) is 0 Å². The zero-order valence-corrected chi connectivity index (χ0v) is 9.11. The number of hydrogen-bond acceptors (Lipinski definition) is 6. The van der Waals surface area contributed by atoms with E-state index in [1.165, 1.54) is 36.4 Å². The summed E-state index contributed by atoms with van der Waals surface area (Å²) < 4.78 is 5.32. The van der Waals surface area contributed by atoms with E-state index >= 15 is 0 Å². The van der Waals surface area contributed by atoms with Gasteiger partial charge >= 0.3 is 5.69 Å². The van der Waals surface area contributed by atoms with Crippen LogP contribution < -0.4 is 10.5 Å². The molecule has 92 valence electrons. The van der Waals surface area contributed by atoms with Gasteiger partial charge in [-0.3, -0.25) is 10.1 Å². The van der Waals surface area contributed by atoms with Gasteiger partial charge < -0.3 is 15.6 Å². The number of ether oxygens (including phenoxy) is 1. The molecule has 0 atom stereocenters. The fourth-order valence-electron chi connectivity index (χ4n) is 1.30. The van der Waals surface area contributed by atoms with Crippen molar-refractivity contribution >= 4 is 11.5 Å². The molecule has 18 heavy (non-hydrogen) atoms. The Morgan fingerprint density at radius 3 is 2.44 bits per heavy atom. The van der Waals surface area contributed by atoms with Gasteiger partial charge in [0.25, 0.3) is 0 Å². The fraction of sp³-hybridized carbons (Fsp3) is 0. The summed E-state index contributed by atoms with van der Waals surface area (Å²) in [6, 6.07) is 8.54. The average molecular weight is 247 g/mol. The highest BCUT2D eigenvalue weighted by Crippen LogP contribution is 2.26. The molecule has 0 fully saturated rings. The second-order valence-corrected chi connectivity index (χ2v) is 3.41. The van der Waals surface area contributed by atoms with Crippen LogP contribution in [0.15, 0.2) is 36.4 Å². The molecule has 7 nitrogen and oxygen atoms in total. The first-order valence-corrected chi connectivity index (χ1v) is 4.94. The maximum Gasteiger partial charge on any atom is 0.311 e. The number of nitrogens with two attached hydrogens (primary N) is 1. The second-order valence-electron chi connectivity index (χ2n) is 3.41. The molecule has 0 unspecified atom stereocenters. The quantitative estimate of drug-likeness (QED) is 0.634. The minimum Gasteiger partial charge on any atom is -0.508 e. The molecule has 0 radical (unpaired) electrons. The SMILES string of the molecule is Nc1nc(Oc2ccc(O)cc2)ccc1[N+](=O)[O-]. The van der Waals surface area contributed by atoms with Gasteiger partial charge in [0, 0.05) is 12.1 Å². The van der Waals surface area contributed by atoms with Crippen LogP contribution in [-0.2, 0) is 0 Å². The Morgan fingerprint density at radius 1 is 1.22 bits per heavy atom. The molecule has 0 amide bonds. The lowest BCUT2D eigenvalue weighted by molar-refractivity contribution is -0.384. The first kappa shape index (κ1) is 11.6. The Labute approximate surface area is 102 Å². The van der Waals surface area contributed by atoms with Crippen LogP contribution in [0, 0.1) is 10.1 Å². The third kappa shape index (κ3) is 2.46. The van der Waals surface area contributed by atoms with Gasteiger partial charge in [0.05, 0.1) is 4.92 Å². The predicted molar refractivity (Wildman–Crippen MR) is 63.5 cm³/mol. The molecule has 7 heteroatoms. The summed E-state index contributed by atoms with van der Waals surface area (Å²) in [6.07, 6.45) is 0. The summed E-state index contributed by atoms with van der Waals surface area (Å²) in [7, 11) is 0. The number of nitrogen functional groups attached to an aromatic ring is 1. The van der Waals surface area contributed by atoms with Crippen molar-refractivity contribution in [3.63, 3.8) is 0 Å². The molecule has 1 aromatic carbocycles. The third-order valence-corrected chi connectivity index (χ3v) is 2.13. The Bertz CT molecular complexity index is 583. The van der Waals surface area contributed by atoms with E-state index in [0.717, 1.165) is 0 Å². The fourth-order valence-corrected chi connectivity index (χ4v) is 1.30. The zero-order chi connectivity index (χ0) is 13.1. The number of anilines is 1. The number of pyridine rings is 1. The summed E-state index contributed by atoms with van der Waals surface area (Å²) in [4.78, 5) is 13.7. The maximum absolute atomic E-state index is 10.5. The van der Waals surface area contributed by atoms with E-state index in [1.807, 2.05) is 0 Å². The van der Waals surface area contributed by atoms with Gasteiger partial charge in [0.1, 0.15) is 11.5 Å².